The van der Waals surface area contributed by atoms with E-state index in [1.807, 2.05) is 11.8 Å². The Morgan fingerprint density at radius 3 is 2.80 bits per heavy atom. The Morgan fingerprint density at radius 1 is 1.45 bits per heavy atom. The molecule has 0 bridgehead atoms. The van der Waals surface area contributed by atoms with E-state index in [1.165, 1.54) is 12.2 Å². The highest BCUT2D eigenvalue weighted by Crippen LogP contribution is 2.39. The first-order valence-corrected chi connectivity index (χ1v) is 8.77. The predicted molar refractivity (Wildman–Crippen MR) is 82.2 cm³/mol. The molecule has 1 N–H and O–H groups in total. The van der Waals surface area contributed by atoms with Gasteiger partial charge in [0.15, 0.2) is 0 Å². The van der Waals surface area contributed by atoms with E-state index >= 15 is 0 Å². The minimum atomic E-state index is -0.713. The van der Waals surface area contributed by atoms with Crippen LogP contribution >= 0.6 is 11.8 Å². The monoisotopic (exact) mass is 301 g/mol. The number of thioether (sulfide) groups is 1. The van der Waals surface area contributed by atoms with Crippen LogP contribution in [-0.4, -0.2) is 59.3 Å². The lowest BCUT2D eigenvalue weighted by Crippen LogP contribution is -2.56. The molecule has 3 atom stereocenters. The van der Waals surface area contributed by atoms with E-state index in [4.69, 9.17) is 4.74 Å². The topological polar surface area (TPSA) is 49.8 Å². The summed E-state index contributed by atoms with van der Waals surface area (Å²) >= 11 is 2.00. The zero-order valence-corrected chi connectivity index (χ0v) is 13.6. The molecule has 5 heteroatoms. The number of rotatable bonds is 5. The summed E-state index contributed by atoms with van der Waals surface area (Å²) in [6.45, 7) is 8.71. The van der Waals surface area contributed by atoms with E-state index in [-0.39, 0.29) is 17.4 Å². The average Bonchev–Trinajstić information content (AvgIpc) is 2.85. The number of ether oxygens (including phenoxy) is 1. The first-order chi connectivity index (χ1) is 9.47. The molecule has 2 aliphatic rings. The normalized spacial score (nSPS) is 33.5. The first-order valence-electron chi connectivity index (χ1n) is 7.61. The summed E-state index contributed by atoms with van der Waals surface area (Å²) in [6, 6.07) is 0.491. The summed E-state index contributed by atoms with van der Waals surface area (Å²) in [4.78, 5) is 13.9. The van der Waals surface area contributed by atoms with Gasteiger partial charge in [-0.1, -0.05) is 20.8 Å². The summed E-state index contributed by atoms with van der Waals surface area (Å²) in [5.74, 6) is 1.24. The maximum atomic E-state index is 11.5. The molecular weight excluding hydrogens is 274 g/mol. The molecule has 4 nitrogen and oxygen atoms in total. The number of aliphatic carboxylic acids is 1. The van der Waals surface area contributed by atoms with Crippen molar-refractivity contribution in [3.63, 3.8) is 0 Å². The van der Waals surface area contributed by atoms with E-state index < -0.39 is 5.97 Å². The second-order valence-electron chi connectivity index (χ2n) is 6.62. The van der Waals surface area contributed by atoms with E-state index in [2.05, 4.69) is 25.7 Å². The van der Waals surface area contributed by atoms with Gasteiger partial charge in [0.1, 0.15) is 0 Å². The maximum absolute atomic E-state index is 11.5. The van der Waals surface area contributed by atoms with Crippen molar-refractivity contribution in [1.82, 2.24) is 4.90 Å². The van der Waals surface area contributed by atoms with Gasteiger partial charge in [-0.2, -0.15) is 11.8 Å². The Balaban J connectivity index is 2.19. The molecule has 0 amide bonds. The van der Waals surface area contributed by atoms with Crippen molar-refractivity contribution < 1.29 is 14.6 Å². The lowest BCUT2D eigenvalue weighted by atomic mass is 9.80. The highest BCUT2D eigenvalue weighted by Gasteiger charge is 2.45. The molecule has 2 rings (SSSR count). The van der Waals surface area contributed by atoms with Crippen molar-refractivity contribution in [2.24, 2.45) is 11.3 Å². The Bertz CT molecular complexity index is 348. The number of nitrogens with zero attached hydrogens (tertiary/aromatic N) is 1. The molecule has 0 saturated carbocycles. The average molecular weight is 301 g/mol. The largest absolute Gasteiger partial charge is 0.481 e. The van der Waals surface area contributed by atoms with E-state index in [0.29, 0.717) is 19.3 Å². The summed E-state index contributed by atoms with van der Waals surface area (Å²) in [5, 5.41) is 9.42. The Morgan fingerprint density at radius 2 is 2.20 bits per heavy atom. The molecule has 3 unspecified atom stereocenters. The van der Waals surface area contributed by atoms with E-state index in [1.54, 1.807) is 0 Å². The standard InChI is InChI=1S/C15H27NO3S/c1-4-6-16(12-9-19-8-11(12)14(17)18)13-10-20-7-5-15(13,2)3/h11-13H,4-10H2,1-3H3,(H,17,18). The van der Waals surface area contributed by atoms with Crippen molar-refractivity contribution in [2.75, 3.05) is 31.3 Å². The third-order valence-electron chi connectivity index (χ3n) is 4.74. The van der Waals surface area contributed by atoms with Gasteiger partial charge in [0.25, 0.3) is 0 Å². The van der Waals surface area contributed by atoms with Crippen molar-refractivity contribution in [1.29, 1.82) is 0 Å². The molecule has 2 saturated heterocycles. The second-order valence-corrected chi connectivity index (χ2v) is 7.77. The summed E-state index contributed by atoms with van der Waals surface area (Å²) in [5.41, 5.74) is 0.256. The minimum absolute atomic E-state index is 0.0374. The number of carbonyl (C=O) groups is 1. The lowest BCUT2D eigenvalue weighted by molar-refractivity contribution is -0.143. The van der Waals surface area contributed by atoms with Crippen molar-refractivity contribution in [2.45, 2.75) is 45.7 Å². The Hall–Kier alpha value is -0.260. The summed E-state index contributed by atoms with van der Waals surface area (Å²) in [6.07, 6.45) is 2.26. The maximum Gasteiger partial charge on any atom is 0.310 e. The van der Waals surface area contributed by atoms with Crippen LogP contribution in [0.2, 0.25) is 0 Å². The molecule has 116 valence electrons. The zero-order chi connectivity index (χ0) is 14.8. The quantitative estimate of drug-likeness (QED) is 0.844. The van der Waals surface area contributed by atoms with Gasteiger partial charge in [-0.3, -0.25) is 9.69 Å². The summed E-state index contributed by atoms with van der Waals surface area (Å²) in [7, 11) is 0. The van der Waals surface area contributed by atoms with Gasteiger partial charge in [-0.15, -0.1) is 0 Å². The molecule has 0 radical (unpaired) electrons. The van der Waals surface area contributed by atoms with Gasteiger partial charge in [-0.25, -0.2) is 0 Å². The van der Waals surface area contributed by atoms with Crippen molar-refractivity contribution in [3.05, 3.63) is 0 Å². The van der Waals surface area contributed by atoms with Gasteiger partial charge in [0.05, 0.1) is 19.1 Å². The third-order valence-corrected chi connectivity index (χ3v) is 5.79. The third kappa shape index (κ3) is 3.31. The molecule has 0 aromatic carbocycles. The van der Waals surface area contributed by atoms with Crippen LogP contribution in [0.25, 0.3) is 0 Å². The lowest BCUT2D eigenvalue weighted by Gasteiger charge is -2.47. The fourth-order valence-corrected chi connectivity index (χ4v) is 5.09. The molecule has 0 spiro atoms. The first kappa shape index (κ1) is 16.1. The number of carboxylic acid groups (broad SMARTS) is 1. The van der Waals surface area contributed by atoms with Gasteiger partial charge in [0, 0.05) is 17.8 Å². The SMILES string of the molecule is CCCN(C1COCC1C(=O)O)C1CSCCC1(C)C. The van der Waals surface area contributed by atoms with Gasteiger partial charge in [-0.05, 0) is 30.6 Å². The molecule has 20 heavy (non-hydrogen) atoms. The van der Waals surface area contributed by atoms with Crippen LogP contribution in [0.1, 0.15) is 33.6 Å². The molecule has 2 aliphatic heterocycles. The van der Waals surface area contributed by atoms with E-state index in [0.717, 1.165) is 18.7 Å². The van der Waals surface area contributed by atoms with Crippen LogP contribution in [0.3, 0.4) is 0 Å². The van der Waals surface area contributed by atoms with Gasteiger partial charge < -0.3 is 9.84 Å². The molecule has 0 aliphatic carbocycles. The number of carboxylic acids is 1. The van der Waals surface area contributed by atoms with Crippen LogP contribution in [0.4, 0.5) is 0 Å². The smallest absolute Gasteiger partial charge is 0.310 e. The van der Waals surface area contributed by atoms with Crippen LogP contribution in [0.15, 0.2) is 0 Å². The molecule has 0 aromatic rings. The number of hydrogen-bond donors (Lipinski definition) is 1. The molecule has 2 heterocycles. The fourth-order valence-electron chi connectivity index (χ4n) is 3.38. The van der Waals surface area contributed by atoms with Crippen molar-refractivity contribution >= 4 is 17.7 Å². The molecular formula is C15H27NO3S. The highest BCUT2D eigenvalue weighted by molar-refractivity contribution is 7.99. The number of hydrogen-bond acceptors (Lipinski definition) is 4. The van der Waals surface area contributed by atoms with Crippen LogP contribution < -0.4 is 0 Å². The van der Waals surface area contributed by atoms with Crippen molar-refractivity contribution in [3.8, 4) is 0 Å². The Kier molecular flexibility index (Phi) is 5.37. The Labute approximate surface area is 126 Å². The zero-order valence-electron chi connectivity index (χ0n) is 12.8. The molecule has 2 fully saturated rings. The van der Waals surface area contributed by atoms with Crippen LogP contribution in [-0.2, 0) is 9.53 Å². The summed E-state index contributed by atoms with van der Waals surface area (Å²) < 4.78 is 5.49. The van der Waals surface area contributed by atoms with Crippen LogP contribution in [0, 0.1) is 11.3 Å². The fraction of sp³-hybridized carbons (Fsp3) is 0.933. The minimum Gasteiger partial charge on any atom is -0.481 e. The van der Waals surface area contributed by atoms with E-state index in [9.17, 15) is 9.90 Å². The predicted octanol–water partition coefficient (Wildman–Crippen LogP) is 2.33. The van der Waals surface area contributed by atoms with Gasteiger partial charge in [0.2, 0.25) is 0 Å². The molecule has 0 aromatic heterocycles. The van der Waals surface area contributed by atoms with Crippen LogP contribution in [0.5, 0.6) is 0 Å². The second kappa shape index (κ2) is 6.67. The highest BCUT2D eigenvalue weighted by atomic mass is 32.2. The van der Waals surface area contributed by atoms with Gasteiger partial charge >= 0.3 is 5.97 Å².